The van der Waals surface area contributed by atoms with Gasteiger partial charge in [-0.2, -0.15) is 0 Å². The van der Waals surface area contributed by atoms with Crippen LogP contribution >= 0.6 is 0 Å². The lowest BCUT2D eigenvalue weighted by Gasteiger charge is -2.42. The van der Waals surface area contributed by atoms with E-state index in [-0.39, 0.29) is 6.10 Å². The second kappa shape index (κ2) is 2.61. The SMILES string of the molecule is COC1CC(O)(c2ccoc2)C1. The van der Waals surface area contributed by atoms with E-state index in [1.807, 2.05) is 0 Å². The molecule has 1 aliphatic rings. The minimum absolute atomic E-state index is 0.199. The summed E-state index contributed by atoms with van der Waals surface area (Å²) in [5.41, 5.74) is 0.157. The minimum Gasteiger partial charge on any atom is -0.472 e. The molecule has 0 radical (unpaired) electrons. The summed E-state index contributed by atoms with van der Waals surface area (Å²) in [5, 5.41) is 9.93. The molecule has 0 aliphatic heterocycles. The number of methoxy groups -OCH3 is 1. The van der Waals surface area contributed by atoms with Crippen LogP contribution in [0.5, 0.6) is 0 Å². The monoisotopic (exact) mass is 168 g/mol. The van der Waals surface area contributed by atoms with Gasteiger partial charge >= 0.3 is 0 Å². The van der Waals surface area contributed by atoms with Crippen molar-refractivity contribution in [1.29, 1.82) is 0 Å². The smallest absolute Gasteiger partial charge is 0.0976 e. The number of aliphatic hydroxyl groups is 1. The van der Waals surface area contributed by atoms with E-state index in [1.54, 1.807) is 25.7 Å². The van der Waals surface area contributed by atoms with E-state index < -0.39 is 5.60 Å². The van der Waals surface area contributed by atoms with Crippen molar-refractivity contribution >= 4 is 0 Å². The lowest BCUT2D eigenvalue weighted by Crippen LogP contribution is -2.45. The van der Waals surface area contributed by atoms with Crippen LogP contribution < -0.4 is 0 Å². The number of rotatable bonds is 2. The Morgan fingerprint density at radius 1 is 1.67 bits per heavy atom. The largest absolute Gasteiger partial charge is 0.472 e. The van der Waals surface area contributed by atoms with Crippen LogP contribution in [0.2, 0.25) is 0 Å². The Labute approximate surface area is 71.0 Å². The number of hydrogen-bond donors (Lipinski definition) is 1. The molecule has 1 saturated carbocycles. The molecule has 0 saturated heterocycles. The van der Waals surface area contributed by atoms with Crippen LogP contribution in [0.25, 0.3) is 0 Å². The molecule has 66 valence electrons. The van der Waals surface area contributed by atoms with Gasteiger partial charge in [-0.05, 0) is 6.07 Å². The molecule has 1 aliphatic carbocycles. The summed E-state index contributed by atoms with van der Waals surface area (Å²) in [5.74, 6) is 0. The maximum atomic E-state index is 9.93. The number of ether oxygens (including phenoxy) is 1. The molecule has 0 amide bonds. The van der Waals surface area contributed by atoms with Gasteiger partial charge in [-0.25, -0.2) is 0 Å². The summed E-state index contributed by atoms with van der Waals surface area (Å²) in [6, 6.07) is 1.80. The van der Waals surface area contributed by atoms with E-state index >= 15 is 0 Å². The summed E-state index contributed by atoms with van der Waals surface area (Å²) in [7, 11) is 1.67. The van der Waals surface area contributed by atoms with Gasteiger partial charge in [0, 0.05) is 25.5 Å². The van der Waals surface area contributed by atoms with Crippen molar-refractivity contribution in [2.24, 2.45) is 0 Å². The van der Waals surface area contributed by atoms with Gasteiger partial charge in [0.1, 0.15) is 0 Å². The Morgan fingerprint density at radius 3 is 2.92 bits per heavy atom. The Balaban J connectivity index is 2.07. The van der Waals surface area contributed by atoms with Crippen LogP contribution in [0.4, 0.5) is 0 Å². The first-order valence-corrected chi connectivity index (χ1v) is 4.02. The van der Waals surface area contributed by atoms with Crippen molar-refractivity contribution in [2.45, 2.75) is 24.5 Å². The van der Waals surface area contributed by atoms with Gasteiger partial charge in [0.25, 0.3) is 0 Å². The first-order chi connectivity index (χ1) is 5.74. The number of furan rings is 1. The second-order valence-electron chi connectivity index (χ2n) is 3.31. The van der Waals surface area contributed by atoms with Crippen LogP contribution in [0.3, 0.4) is 0 Å². The average molecular weight is 168 g/mol. The molecule has 1 aromatic rings. The zero-order valence-electron chi connectivity index (χ0n) is 6.99. The first kappa shape index (κ1) is 7.83. The van der Waals surface area contributed by atoms with Crippen molar-refractivity contribution in [3.63, 3.8) is 0 Å². The number of hydrogen-bond acceptors (Lipinski definition) is 3. The molecule has 0 aromatic carbocycles. The van der Waals surface area contributed by atoms with Gasteiger partial charge in [-0.15, -0.1) is 0 Å². The Bertz CT molecular complexity index is 247. The van der Waals surface area contributed by atoms with E-state index in [0.717, 1.165) is 5.56 Å². The van der Waals surface area contributed by atoms with Gasteiger partial charge < -0.3 is 14.3 Å². The third kappa shape index (κ3) is 1.06. The fourth-order valence-electron chi connectivity index (χ4n) is 1.63. The van der Waals surface area contributed by atoms with Crippen molar-refractivity contribution in [3.8, 4) is 0 Å². The molecular weight excluding hydrogens is 156 g/mol. The van der Waals surface area contributed by atoms with E-state index in [1.165, 1.54) is 0 Å². The maximum Gasteiger partial charge on any atom is 0.0976 e. The highest BCUT2D eigenvalue weighted by molar-refractivity contribution is 5.20. The third-order valence-corrected chi connectivity index (χ3v) is 2.52. The van der Waals surface area contributed by atoms with E-state index in [2.05, 4.69) is 0 Å². The summed E-state index contributed by atoms with van der Waals surface area (Å²) >= 11 is 0. The first-order valence-electron chi connectivity index (χ1n) is 4.02. The molecule has 0 bridgehead atoms. The lowest BCUT2D eigenvalue weighted by atomic mass is 9.74. The molecule has 3 heteroatoms. The highest BCUT2D eigenvalue weighted by Crippen LogP contribution is 2.42. The standard InChI is InChI=1S/C9H12O3/c1-11-8-4-9(10,5-8)7-2-3-12-6-7/h2-3,6,8,10H,4-5H2,1H3. The molecule has 1 fully saturated rings. The average Bonchev–Trinajstić information content (AvgIpc) is 2.50. The van der Waals surface area contributed by atoms with Crippen molar-refractivity contribution in [1.82, 2.24) is 0 Å². The molecule has 0 spiro atoms. The summed E-state index contributed by atoms with van der Waals surface area (Å²) < 4.78 is 9.99. The summed E-state index contributed by atoms with van der Waals surface area (Å²) in [4.78, 5) is 0. The molecule has 1 aromatic heterocycles. The maximum absolute atomic E-state index is 9.93. The van der Waals surface area contributed by atoms with E-state index in [9.17, 15) is 5.11 Å². The normalized spacial score (nSPS) is 34.7. The molecular formula is C9H12O3. The van der Waals surface area contributed by atoms with Crippen LogP contribution in [0.15, 0.2) is 23.0 Å². The van der Waals surface area contributed by atoms with Gasteiger partial charge in [-0.3, -0.25) is 0 Å². The molecule has 2 rings (SSSR count). The molecule has 0 unspecified atom stereocenters. The van der Waals surface area contributed by atoms with E-state index in [0.29, 0.717) is 12.8 Å². The lowest BCUT2D eigenvalue weighted by molar-refractivity contribution is -0.133. The van der Waals surface area contributed by atoms with Crippen molar-refractivity contribution < 1.29 is 14.3 Å². The fraction of sp³-hybridized carbons (Fsp3) is 0.556. The predicted molar refractivity (Wildman–Crippen MR) is 42.6 cm³/mol. The molecule has 3 nitrogen and oxygen atoms in total. The molecule has 1 N–H and O–H groups in total. The van der Waals surface area contributed by atoms with Crippen LogP contribution in [-0.4, -0.2) is 18.3 Å². The zero-order valence-corrected chi connectivity index (χ0v) is 6.99. The summed E-state index contributed by atoms with van der Waals surface area (Å²) in [6.45, 7) is 0. The van der Waals surface area contributed by atoms with Crippen LogP contribution in [-0.2, 0) is 10.3 Å². The molecule has 0 atom stereocenters. The summed E-state index contributed by atoms with van der Waals surface area (Å²) in [6.07, 6.45) is 4.70. The van der Waals surface area contributed by atoms with Gasteiger partial charge in [-0.1, -0.05) is 0 Å². The minimum atomic E-state index is -0.701. The molecule has 12 heavy (non-hydrogen) atoms. The van der Waals surface area contributed by atoms with Crippen LogP contribution in [0, 0.1) is 0 Å². The second-order valence-corrected chi connectivity index (χ2v) is 3.31. The third-order valence-electron chi connectivity index (χ3n) is 2.52. The van der Waals surface area contributed by atoms with Crippen molar-refractivity contribution in [3.05, 3.63) is 24.2 Å². The Hall–Kier alpha value is -0.800. The Kier molecular flexibility index (Phi) is 1.70. The van der Waals surface area contributed by atoms with Crippen molar-refractivity contribution in [2.75, 3.05) is 7.11 Å². The van der Waals surface area contributed by atoms with Crippen LogP contribution in [0.1, 0.15) is 18.4 Å². The topological polar surface area (TPSA) is 42.6 Å². The van der Waals surface area contributed by atoms with Gasteiger partial charge in [0.15, 0.2) is 0 Å². The van der Waals surface area contributed by atoms with E-state index in [4.69, 9.17) is 9.15 Å². The quantitative estimate of drug-likeness (QED) is 0.723. The highest BCUT2D eigenvalue weighted by atomic mass is 16.5. The Morgan fingerprint density at radius 2 is 2.42 bits per heavy atom. The fourth-order valence-corrected chi connectivity index (χ4v) is 1.63. The van der Waals surface area contributed by atoms with Gasteiger partial charge in [0.05, 0.1) is 24.2 Å². The molecule has 1 heterocycles. The predicted octanol–water partition coefficient (Wildman–Crippen LogP) is 1.28. The van der Waals surface area contributed by atoms with Gasteiger partial charge in [0.2, 0.25) is 0 Å². The highest BCUT2D eigenvalue weighted by Gasteiger charge is 2.44. The zero-order chi connectivity index (χ0) is 8.60.